The summed E-state index contributed by atoms with van der Waals surface area (Å²) < 4.78 is 52.8. The SMILES string of the molecule is CCN(CC)CCCN1CC(Oc2cccc(C(F)(F)F)c2)C1NC(=O)OC(=O)C(=O)OC(N)=O. The second-order valence-corrected chi connectivity index (χ2v) is 7.53. The number of likely N-dealkylation sites (tertiary alicyclic amines) is 1. The summed E-state index contributed by atoms with van der Waals surface area (Å²) in [5.74, 6) is -3.62. The van der Waals surface area contributed by atoms with Gasteiger partial charge in [-0.2, -0.15) is 13.2 Å². The highest BCUT2D eigenvalue weighted by molar-refractivity contribution is 6.33. The maximum atomic E-state index is 13.0. The third kappa shape index (κ3) is 8.40. The lowest BCUT2D eigenvalue weighted by Crippen LogP contribution is -2.69. The molecule has 0 aliphatic carbocycles. The molecule has 0 spiro atoms. The van der Waals surface area contributed by atoms with Crippen LogP contribution in [0.3, 0.4) is 0 Å². The minimum Gasteiger partial charge on any atom is -0.485 e. The van der Waals surface area contributed by atoms with Gasteiger partial charge in [-0.05, 0) is 44.3 Å². The van der Waals surface area contributed by atoms with Crippen LogP contribution in [0.1, 0.15) is 25.8 Å². The second-order valence-electron chi connectivity index (χ2n) is 7.53. The monoisotopic (exact) mass is 504 g/mol. The molecule has 0 saturated carbocycles. The summed E-state index contributed by atoms with van der Waals surface area (Å²) >= 11 is 0. The molecule has 11 nitrogen and oxygen atoms in total. The van der Waals surface area contributed by atoms with E-state index in [9.17, 15) is 32.3 Å². The number of rotatable bonds is 9. The Morgan fingerprint density at radius 3 is 2.40 bits per heavy atom. The van der Waals surface area contributed by atoms with Crippen LogP contribution in [0.15, 0.2) is 24.3 Å². The Kier molecular flexibility index (Phi) is 9.83. The lowest BCUT2D eigenvalue weighted by molar-refractivity contribution is -0.160. The average molecular weight is 504 g/mol. The first-order chi connectivity index (χ1) is 16.4. The molecule has 1 aromatic rings. The first-order valence-electron chi connectivity index (χ1n) is 10.8. The summed E-state index contributed by atoms with van der Waals surface area (Å²) in [5.41, 5.74) is 3.73. The smallest absolute Gasteiger partial charge is 0.426 e. The lowest BCUT2D eigenvalue weighted by atomic mass is 10.1. The molecule has 1 aliphatic rings. The minimum atomic E-state index is -4.56. The van der Waals surface area contributed by atoms with Crippen LogP contribution in [-0.2, 0) is 25.2 Å². The van der Waals surface area contributed by atoms with Crippen LogP contribution in [0.2, 0.25) is 0 Å². The van der Waals surface area contributed by atoms with E-state index in [-0.39, 0.29) is 12.3 Å². The third-order valence-electron chi connectivity index (χ3n) is 5.23. The number of nitrogens with zero attached hydrogens (tertiary/aromatic N) is 2. The summed E-state index contributed by atoms with van der Waals surface area (Å²) in [7, 11) is 0. The largest absolute Gasteiger partial charge is 0.485 e. The Labute approximate surface area is 199 Å². The van der Waals surface area contributed by atoms with Gasteiger partial charge in [0.1, 0.15) is 18.0 Å². The summed E-state index contributed by atoms with van der Waals surface area (Å²) in [4.78, 5) is 49.5. The number of alkyl carbamates (subject to hydrolysis) is 1. The van der Waals surface area contributed by atoms with Gasteiger partial charge in [-0.3, -0.25) is 4.90 Å². The number of hydrogen-bond donors (Lipinski definition) is 2. The number of carbonyl (C=O) groups is 4. The fraction of sp³-hybridized carbons (Fsp3) is 0.524. The Bertz CT molecular complexity index is 924. The molecule has 2 rings (SSSR count). The van der Waals surface area contributed by atoms with Crippen molar-refractivity contribution in [1.82, 2.24) is 15.1 Å². The number of primary amides is 1. The molecule has 0 radical (unpaired) electrons. The van der Waals surface area contributed by atoms with Crippen LogP contribution in [0, 0.1) is 0 Å². The van der Waals surface area contributed by atoms with Gasteiger partial charge in [-0.25, -0.2) is 19.2 Å². The standard InChI is InChI=1S/C21H27F3N4O7/c1-3-27(4-2)9-6-10-28-12-15(33-14-8-5-7-13(11-14)21(22,23)24)16(28)26-20(32)35-18(30)17(29)34-19(25)31/h5,7-8,11,15-16H,3-4,6,9-10,12H2,1-2H3,(H2,25,31)(H,26,32). The molecule has 14 heteroatoms. The first kappa shape index (κ1) is 27.9. The molecule has 2 atom stereocenters. The van der Waals surface area contributed by atoms with Crippen molar-refractivity contribution < 1.29 is 46.6 Å². The molecular weight excluding hydrogens is 477 g/mol. The number of carbonyl (C=O) groups excluding carboxylic acids is 4. The highest BCUT2D eigenvalue weighted by Crippen LogP contribution is 2.32. The minimum absolute atomic E-state index is 0.0612. The van der Waals surface area contributed by atoms with Gasteiger partial charge in [0.05, 0.1) is 5.56 Å². The molecule has 3 N–H and O–H groups in total. The van der Waals surface area contributed by atoms with Gasteiger partial charge >= 0.3 is 30.3 Å². The molecule has 35 heavy (non-hydrogen) atoms. The van der Waals surface area contributed by atoms with E-state index in [2.05, 4.69) is 25.4 Å². The highest BCUT2D eigenvalue weighted by atomic mass is 19.4. The Morgan fingerprint density at radius 2 is 1.80 bits per heavy atom. The summed E-state index contributed by atoms with van der Waals surface area (Å²) in [6, 6.07) is 4.27. The topological polar surface area (TPSA) is 140 Å². The number of esters is 2. The van der Waals surface area contributed by atoms with Gasteiger partial charge in [-0.1, -0.05) is 19.9 Å². The number of benzene rings is 1. The van der Waals surface area contributed by atoms with Gasteiger partial charge < -0.3 is 30.2 Å². The van der Waals surface area contributed by atoms with Gasteiger partial charge in [0.15, 0.2) is 0 Å². The maximum absolute atomic E-state index is 13.0. The van der Waals surface area contributed by atoms with E-state index in [0.29, 0.717) is 6.54 Å². The number of halogens is 3. The van der Waals surface area contributed by atoms with Crippen molar-refractivity contribution in [1.29, 1.82) is 0 Å². The summed E-state index contributed by atoms with van der Waals surface area (Å²) in [6.07, 6.45) is -8.38. The van der Waals surface area contributed by atoms with E-state index in [4.69, 9.17) is 4.74 Å². The van der Waals surface area contributed by atoms with Gasteiger partial charge in [-0.15, -0.1) is 0 Å². The van der Waals surface area contributed by atoms with Crippen molar-refractivity contribution in [3.63, 3.8) is 0 Å². The van der Waals surface area contributed by atoms with Crippen LogP contribution >= 0.6 is 0 Å². The number of nitrogens with two attached hydrogens (primary N) is 1. The lowest BCUT2D eigenvalue weighted by Gasteiger charge is -2.47. The predicted octanol–water partition coefficient (Wildman–Crippen LogP) is 1.70. The number of alkyl halides is 3. The van der Waals surface area contributed by atoms with E-state index >= 15 is 0 Å². The molecule has 1 aromatic carbocycles. The number of hydrogen-bond acceptors (Lipinski definition) is 9. The maximum Gasteiger partial charge on any atom is 0.426 e. The number of ether oxygens (including phenoxy) is 3. The molecule has 194 valence electrons. The molecule has 1 saturated heterocycles. The fourth-order valence-corrected chi connectivity index (χ4v) is 3.42. The van der Waals surface area contributed by atoms with E-state index < -0.39 is 48.1 Å². The van der Waals surface area contributed by atoms with Crippen molar-refractivity contribution in [2.75, 3.05) is 32.7 Å². The zero-order valence-electron chi connectivity index (χ0n) is 19.2. The molecule has 2 amide bonds. The summed E-state index contributed by atoms with van der Waals surface area (Å²) in [6.45, 7) is 7.31. The average Bonchev–Trinajstić information content (AvgIpc) is 2.78. The predicted molar refractivity (Wildman–Crippen MR) is 114 cm³/mol. The van der Waals surface area contributed by atoms with Crippen molar-refractivity contribution >= 4 is 24.1 Å². The van der Waals surface area contributed by atoms with E-state index in [1.54, 1.807) is 4.90 Å². The van der Waals surface area contributed by atoms with Crippen LogP contribution in [0.25, 0.3) is 0 Å². The van der Waals surface area contributed by atoms with Crippen LogP contribution in [0.5, 0.6) is 5.75 Å². The first-order valence-corrected chi connectivity index (χ1v) is 10.8. The van der Waals surface area contributed by atoms with E-state index in [1.807, 2.05) is 13.8 Å². The van der Waals surface area contributed by atoms with Crippen LogP contribution < -0.4 is 15.8 Å². The highest BCUT2D eigenvalue weighted by Gasteiger charge is 2.42. The zero-order valence-corrected chi connectivity index (χ0v) is 19.2. The molecule has 1 heterocycles. The van der Waals surface area contributed by atoms with Crippen molar-refractivity contribution in [2.45, 2.75) is 38.7 Å². The fourth-order valence-electron chi connectivity index (χ4n) is 3.42. The Balaban J connectivity index is 2.05. The molecule has 0 bridgehead atoms. The van der Waals surface area contributed by atoms with Gasteiger partial charge in [0, 0.05) is 13.1 Å². The normalized spacial score (nSPS) is 17.9. The van der Waals surface area contributed by atoms with Gasteiger partial charge in [0.25, 0.3) is 0 Å². The number of amides is 2. The van der Waals surface area contributed by atoms with E-state index in [1.165, 1.54) is 12.1 Å². The zero-order chi connectivity index (χ0) is 26.2. The van der Waals surface area contributed by atoms with Crippen molar-refractivity contribution in [3.8, 4) is 5.75 Å². The van der Waals surface area contributed by atoms with Crippen LogP contribution in [0.4, 0.5) is 22.8 Å². The third-order valence-corrected chi connectivity index (χ3v) is 5.23. The molecule has 0 aromatic heterocycles. The second kappa shape index (κ2) is 12.4. The van der Waals surface area contributed by atoms with Crippen molar-refractivity contribution in [3.05, 3.63) is 29.8 Å². The van der Waals surface area contributed by atoms with E-state index in [0.717, 1.165) is 38.2 Å². The van der Waals surface area contributed by atoms with Crippen molar-refractivity contribution in [2.24, 2.45) is 5.73 Å². The quantitative estimate of drug-likeness (QED) is 0.292. The summed E-state index contributed by atoms with van der Waals surface area (Å²) in [5, 5.41) is 2.35. The van der Waals surface area contributed by atoms with Gasteiger partial charge in [0.2, 0.25) is 0 Å². The number of nitrogens with one attached hydrogen (secondary N) is 1. The Morgan fingerprint density at radius 1 is 1.14 bits per heavy atom. The Hall–Kier alpha value is -3.39. The molecule has 1 aliphatic heterocycles. The molecular formula is C21H27F3N4O7. The molecule has 1 fully saturated rings. The molecule has 2 unspecified atom stereocenters. The van der Waals surface area contributed by atoms with Crippen LogP contribution in [-0.4, -0.2) is 78.9 Å².